The number of anilines is 1. The van der Waals surface area contributed by atoms with Gasteiger partial charge in [-0.25, -0.2) is 4.39 Å². The van der Waals surface area contributed by atoms with Crippen LogP contribution in [0.4, 0.5) is 10.3 Å². The van der Waals surface area contributed by atoms with Crippen LogP contribution in [0.25, 0.3) is 11.3 Å². The van der Waals surface area contributed by atoms with Gasteiger partial charge in [0, 0.05) is 11.6 Å². The van der Waals surface area contributed by atoms with E-state index in [1.807, 2.05) is 0 Å². The van der Waals surface area contributed by atoms with Crippen LogP contribution >= 0.6 is 11.6 Å². The lowest BCUT2D eigenvalue weighted by Gasteiger charge is -1.98. The molecule has 0 aliphatic heterocycles. The molecule has 0 amide bonds. The second-order valence-corrected chi connectivity index (χ2v) is 3.12. The third-order valence-corrected chi connectivity index (χ3v) is 2.05. The summed E-state index contributed by atoms with van der Waals surface area (Å²) in [5, 5.41) is 3.63. The topological polar surface area (TPSA) is 52.0 Å². The molecule has 1 aromatic carbocycles. The Balaban J connectivity index is 2.57. The Labute approximate surface area is 84.3 Å². The second-order valence-electron chi connectivity index (χ2n) is 2.72. The third kappa shape index (κ3) is 1.44. The summed E-state index contributed by atoms with van der Waals surface area (Å²) in [6.07, 6.45) is 0. The standard InChI is InChI=1S/C9H6ClFN2O/c10-6-3-1-2-5(9(6)11)7-4-8(12)14-13-7/h1-4H,12H2. The lowest BCUT2D eigenvalue weighted by molar-refractivity contribution is 0.438. The molecule has 0 aliphatic carbocycles. The molecule has 2 rings (SSSR count). The van der Waals surface area contributed by atoms with Crippen LogP contribution in [0.3, 0.4) is 0 Å². The normalized spacial score (nSPS) is 10.4. The summed E-state index contributed by atoms with van der Waals surface area (Å²) in [7, 11) is 0. The van der Waals surface area contributed by atoms with Crippen molar-refractivity contribution in [3.63, 3.8) is 0 Å². The van der Waals surface area contributed by atoms with Gasteiger partial charge in [0.05, 0.1) is 5.02 Å². The molecule has 0 fully saturated rings. The molecule has 0 bridgehead atoms. The number of benzene rings is 1. The van der Waals surface area contributed by atoms with E-state index in [0.717, 1.165) is 0 Å². The van der Waals surface area contributed by atoms with Gasteiger partial charge in [0.15, 0.2) is 5.82 Å². The van der Waals surface area contributed by atoms with Crippen LogP contribution in [-0.2, 0) is 0 Å². The molecule has 0 spiro atoms. The predicted octanol–water partition coefficient (Wildman–Crippen LogP) is 2.72. The first-order valence-electron chi connectivity index (χ1n) is 3.85. The quantitative estimate of drug-likeness (QED) is 0.791. The minimum atomic E-state index is -0.525. The van der Waals surface area contributed by atoms with Gasteiger partial charge in [0.25, 0.3) is 0 Å². The van der Waals surface area contributed by atoms with Crippen molar-refractivity contribution in [1.29, 1.82) is 0 Å². The van der Waals surface area contributed by atoms with Gasteiger partial charge in [0.1, 0.15) is 5.69 Å². The van der Waals surface area contributed by atoms with E-state index in [1.54, 1.807) is 12.1 Å². The molecular formula is C9H6ClFN2O. The number of hydrogen-bond acceptors (Lipinski definition) is 3. The Morgan fingerprint density at radius 1 is 1.43 bits per heavy atom. The molecule has 0 unspecified atom stereocenters. The second kappa shape index (κ2) is 3.31. The monoisotopic (exact) mass is 212 g/mol. The van der Waals surface area contributed by atoms with Gasteiger partial charge < -0.3 is 10.3 Å². The highest BCUT2D eigenvalue weighted by molar-refractivity contribution is 6.31. The van der Waals surface area contributed by atoms with E-state index < -0.39 is 5.82 Å². The summed E-state index contributed by atoms with van der Waals surface area (Å²) >= 11 is 5.61. The summed E-state index contributed by atoms with van der Waals surface area (Å²) < 4.78 is 18.1. The maximum absolute atomic E-state index is 13.4. The van der Waals surface area contributed by atoms with E-state index in [4.69, 9.17) is 17.3 Å². The molecule has 14 heavy (non-hydrogen) atoms. The van der Waals surface area contributed by atoms with Crippen LogP contribution in [0, 0.1) is 5.82 Å². The Morgan fingerprint density at radius 2 is 2.21 bits per heavy atom. The molecule has 3 nitrogen and oxygen atoms in total. The van der Waals surface area contributed by atoms with Crippen LogP contribution in [0.5, 0.6) is 0 Å². The highest BCUT2D eigenvalue weighted by Gasteiger charge is 2.11. The lowest BCUT2D eigenvalue weighted by atomic mass is 10.1. The van der Waals surface area contributed by atoms with Crippen molar-refractivity contribution in [2.45, 2.75) is 0 Å². The smallest absolute Gasteiger partial charge is 0.222 e. The van der Waals surface area contributed by atoms with Crippen molar-refractivity contribution >= 4 is 17.5 Å². The maximum Gasteiger partial charge on any atom is 0.222 e. The Hall–Kier alpha value is -1.55. The summed E-state index contributed by atoms with van der Waals surface area (Å²) in [5.41, 5.74) is 5.93. The Kier molecular flexibility index (Phi) is 2.13. The number of rotatable bonds is 1. The molecule has 72 valence electrons. The van der Waals surface area contributed by atoms with Crippen LogP contribution in [0.1, 0.15) is 0 Å². The molecule has 1 heterocycles. The summed E-state index contributed by atoms with van der Waals surface area (Å²) in [5.74, 6) is -0.387. The van der Waals surface area contributed by atoms with Gasteiger partial charge in [-0.2, -0.15) is 0 Å². The molecule has 2 aromatic rings. The van der Waals surface area contributed by atoms with Crippen molar-refractivity contribution in [2.75, 3.05) is 5.73 Å². The minimum Gasteiger partial charge on any atom is -0.368 e. The third-order valence-electron chi connectivity index (χ3n) is 1.76. The Morgan fingerprint density at radius 3 is 2.86 bits per heavy atom. The molecule has 0 saturated carbocycles. The largest absolute Gasteiger partial charge is 0.368 e. The molecule has 1 aromatic heterocycles. The number of nitrogens with zero attached hydrogens (tertiary/aromatic N) is 1. The van der Waals surface area contributed by atoms with Crippen LogP contribution < -0.4 is 5.73 Å². The van der Waals surface area contributed by atoms with E-state index in [0.29, 0.717) is 5.69 Å². The van der Waals surface area contributed by atoms with E-state index >= 15 is 0 Å². The molecular weight excluding hydrogens is 207 g/mol. The van der Waals surface area contributed by atoms with Crippen molar-refractivity contribution in [1.82, 2.24) is 5.16 Å². The van der Waals surface area contributed by atoms with Crippen molar-refractivity contribution < 1.29 is 8.91 Å². The predicted molar refractivity (Wildman–Crippen MR) is 51.3 cm³/mol. The zero-order chi connectivity index (χ0) is 10.1. The van der Waals surface area contributed by atoms with Crippen molar-refractivity contribution in [3.05, 3.63) is 35.1 Å². The summed E-state index contributed by atoms with van der Waals surface area (Å²) in [6, 6.07) is 6.09. The Bertz CT molecular complexity index is 470. The van der Waals surface area contributed by atoms with Crippen LogP contribution in [0.2, 0.25) is 5.02 Å². The lowest BCUT2D eigenvalue weighted by Crippen LogP contribution is -1.84. The first-order chi connectivity index (χ1) is 6.68. The van der Waals surface area contributed by atoms with Gasteiger partial charge in [-0.15, -0.1) is 0 Å². The highest BCUT2D eigenvalue weighted by Crippen LogP contribution is 2.27. The van der Waals surface area contributed by atoms with Crippen LogP contribution in [0.15, 0.2) is 28.8 Å². The summed E-state index contributed by atoms with van der Waals surface area (Å²) in [4.78, 5) is 0. The average molecular weight is 213 g/mol. The van der Waals surface area contributed by atoms with Crippen molar-refractivity contribution in [2.24, 2.45) is 0 Å². The van der Waals surface area contributed by atoms with E-state index in [-0.39, 0.29) is 16.5 Å². The van der Waals surface area contributed by atoms with Crippen LogP contribution in [-0.4, -0.2) is 5.16 Å². The fourth-order valence-electron chi connectivity index (χ4n) is 1.12. The molecule has 0 saturated heterocycles. The number of hydrogen-bond donors (Lipinski definition) is 1. The first kappa shape index (κ1) is 9.02. The average Bonchev–Trinajstić information content (AvgIpc) is 2.57. The molecule has 0 atom stereocenters. The van der Waals surface area contributed by atoms with E-state index in [9.17, 15) is 4.39 Å². The molecule has 0 aliphatic rings. The zero-order valence-electron chi connectivity index (χ0n) is 7.00. The fraction of sp³-hybridized carbons (Fsp3) is 0. The highest BCUT2D eigenvalue weighted by atomic mass is 35.5. The minimum absolute atomic E-state index is 0.0454. The zero-order valence-corrected chi connectivity index (χ0v) is 7.75. The van der Waals surface area contributed by atoms with Gasteiger partial charge in [-0.1, -0.05) is 22.8 Å². The number of nitrogen functional groups attached to an aromatic ring is 1. The first-order valence-corrected chi connectivity index (χ1v) is 4.23. The van der Waals surface area contributed by atoms with Gasteiger partial charge in [0.2, 0.25) is 5.88 Å². The SMILES string of the molecule is Nc1cc(-c2cccc(Cl)c2F)no1. The molecule has 0 radical (unpaired) electrons. The van der Waals surface area contributed by atoms with E-state index in [1.165, 1.54) is 12.1 Å². The molecule has 2 N–H and O–H groups in total. The van der Waals surface area contributed by atoms with Gasteiger partial charge >= 0.3 is 0 Å². The number of aromatic nitrogens is 1. The maximum atomic E-state index is 13.4. The fourth-order valence-corrected chi connectivity index (χ4v) is 1.29. The van der Waals surface area contributed by atoms with Gasteiger partial charge in [-0.05, 0) is 12.1 Å². The van der Waals surface area contributed by atoms with E-state index in [2.05, 4.69) is 9.68 Å². The molecule has 5 heteroatoms. The van der Waals surface area contributed by atoms with Gasteiger partial charge in [-0.3, -0.25) is 0 Å². The number of nitrogens with two attached hydrogens (primary N) is 1. The number of halogens is 2. The summed E-state index contributed by atoms with van der Waals surface area (Å²) in [6.45, 7) is 0. The van der Waals surface area contributed by atoms with Crippen molar-refractivity contribution in [3.8, 4) is 11.3 Å².